The van der Waals surface area contributed by atoms with Crippen LogP contribution in [0.25, 0.3) is 0 Å². The first-order chi connectivity index (χ1) is 10.0. The average molecular weight is 353 g/mol. The molecule has 4 nitrogen and oxygen atoms in total. The molecule has 0 aliphatic rings. The van der Waals surface area contributed by atoms with Gasteiger partial charge < -0.3 is 15.7 Å². The predicted octanol–water partition coefficient (Wildman–Crippen LogP) is 2.81. The normalized spacial score (nSPS) is 10.4. The first-order valence-corrected chi connectivity index (χ1v) is 7.06. The Labute approximate surface area is 130 Å². The number of aliphatic hydroxyl groups excluding tert-OH is 1. The molecule has 6 heteroatoms. The highest BCUT2D eigenvalue weighted by molar-refractivity contribution is 9.10. The van der Waals surface area contributed by atoms with Crippen molar-refractivity contribution in [1.82, 2.24) is 0 Å². The molecule has 0 radical (unpaired) electrons. The molecule has 0 saturated carbocycles. The van der Waals surface area contributed by atoms with E-state index in [0.717, 1.165) is 0 Å². The number of para-hydroxylation sites is 2. The van der Waals surface area contributed by atoms with Crippen molar-refractivity contribution >= 4 is 33.2 Å². The lowest BCUT2D eigenvalue weighted by molar-refractivity contribution is 0.0977. The molecule has 1 amide bonds. The van der Waals surface area contributed by atoms with Crippen LogP contribution in [0.15, 0.2) is 46.9 Å². The maximum absolute atomic E-state index is 13.9. The van der Waals surface area contributed by atoms with Crippen molar-refractivity contribution in [3.05, 3.63) is 58.3 Å². The summed E-state index contributed by atoms with van der Waals surface area (Å²) in [6.07, 6.45) is 0. The van der Waals surface area contributed by atoms with Gasteiger partial charge in [0, 0.05) is 11.0 Å². The second kappa shape index (κ2) is 6.69. The highest BCUT2D eigenvalue weighted by Crippen LogP contribution is 2.25. The molecule has 2 aromatic rings. The average Bonchev–Trinajstić information content (AvgIpc) is 2.45. The fourth-order valence-electron chi connectivity index (χ4n) is 1.97. The Morgan fingerprint density at radius 2 is 2.00 bits per heavy atom. The van der Waals surface area contributed by atoms with E-state index >= 15 is 0 Å². The summed E-state index contributed by atoms with van der Waals surface area (Å²) in [7, 11) is 0. The Hall–Kier alpha value is -1.92. The molecule has 0 unspecified atom stereocenters. The molecule has 0 aliphatic heterocycles. The largest absolute Gasteiger partial charge is 0.397 e. The summed E-state index contributed by atoms with van der Waals surface area (Å²) in [5, 5.41) is 9.16. The zero-order valence-electron chi connectivity index (χ0n) is 11.1. The molecule has 0 bridgehead atoms. The Balaban J connectivity index is 2.43. The fraction of sp³-hybridized carbons (Fsp3) is 0.133. The number of nitrogens with two attached hydrogens (primary N) is 1. The third-order valence-electron chi connectivity index (χ3n) is 2.96. The van der Waals surface area contributed by atoms with Crippen molar-refractivity contribution in [3.63, 3.8) is 0 Å². The molecule has 0 atom stereocenters. The van der Waals surface area contributed by atoms with Gasteiger partial charge in [-0.2, -0.15) is 0 Å². The summed E-state index contributed by atoms with van der Waals surface area (Å²) >= 11 is 3.14. The highest BCUT2D eigenvalue weighted by atomic mass is 79.9. The molecule has 2 rings (SSSR count). The van der Waals surface area contributed by atoms with Crippen LogP contribution < -0.4 is 10.6 Å². The third kappa shape index (κ3) is 3.40. The number of nitrogen functional groups attached to an aromatic ring is 1. The van der Waals surface area contributed by atoms with Gasteiger partial charge in [-0.1, -0.05) is 28.1 Å². The minimum Gasteiger partial charge on any atom is -0.397 e. The van der Waals surface area contributed by atoms with Gasteiger partial charge in [0.1, 0.15) is 5.82 Å². The minimum absolute atomic E-state index is 0.0303. The van der Waals surface area contributed by atoms with Crippen LogP contribution in [0, 0.1) is 5.82 Å². The van der Waals surface area contributed by atoms with Crippen LogP contribution in [0.1, 0.15) is 10.4 Å². The van der Waals surface area contributed by atoms with Gasteiger partial charge in [0.25, 0.3) is 5.91 Å². The van der Waals surface area contributed by atoms with Crippen LogP contribution in [0.3, 0.4) is 0 Å². The zero-order chi connectivity index (χ0) is 15.4. The van der Waals surface area contributed by atoms with Crippen LogP contribution in [0.2, 0.25) is 0 Å². The van der Waals surface area contributed by atoms with E-state index in [9.17, 15) is 9.18 Å². The van der Waals surface area contributed by atoms with E-state index in [-0.39, 0.29) is 18.7 Å². The van der Waals surface area contributed by atoms with E-state index in [4.69, 9.17) is 10.8 Å². The van der Waals surface area contributed by atoms with E-state index in [1.165, 1.54) is 17.0 Å². The SMILES string of the molecule is Nc1ccccc1N(CCO)C(=O)c1ccc(Br)cc1F. The number of halogens is 2. The van der Waals surface area contributed by atoms with E-state index in [1.807, 2.05) is 0 Å². The van der Waals surface area contributed by atoms with E-state index in [1.54, 1.807) is 30.3 Å². The van der Waals surface area contributed by atoms with Gasteiger partial charge in [-0.3, -0.25) is 4.79 Å². The number of carbonyl (C=O) groups excluding carboxylic acids is 1. The Morgan fingerprint density at radius 3 is 2.62 bits per heavy atom. The standard InChI is InChI=1S/C15H14BrFN2O2/c16-10-5-6-11(12(17)9-10)15(21)19(7-8-20)14-4-2-1-3-13(14)18/h1-6,9,20H,7-8,18H2. The summed E-state index contributed by atoms with van der Waals surface area (Å²) in [5.41, 5.74) is 6.61. The molecule has 21 heavy (non-hydrogen) atoms. The number of hydrogen-bond acceptors (Lipinski definition) is 3. The number of nitrogens with zero attached hydrogens (tertiary/aromatic N) is 1. The molecular weight excluding hydrogens is 339 g/mol. The molecular formula is C15H14BrFN2O2. The second-order valence-electron chi connectivity index (χ2n) is 4.36. The molecule has 0 aliphatic carbocycles. The molecule has 0 spiro atoms. The molecule has 0 heterocycles. The number of amides is 1. The molecule has 2 aromatic carbocycles. The van der Waals surface area contributed by atoms with Gasteiger partial charge >= 0.3 is 0 Å². The predicted molar refractivity (Wildman–Crippen MR) is 83.7 cm³/mol. The topological polar surface area (TPSA) is 66.6 Å². The minimum atomic E-state index is -0.633. The van der Waals surface area contributed by atoms with E-state index in [2.05, 4.69) is 15.9 Å². The molecule has 110 valence electrons. The Bertz CT molecular complexity index is 664. The zero-order valence-corrected chi connectivity index (χ0v) is 12.7. The first-order valence-electron chi connectivity index (χ1n) is 6.27. The van der Waals surface area contributed by atoms with E-state index < -0.39 is 11.7 Å². The monoisotopic (exact) mass is 352 g/mol. The molecule has 0 saturated heterocycles. The smallest absolute Gasteiger partial charge is 0.261 e. The quantitative estimate of drug-likeness (QED) is 0.831. The van der Waals surface area contributed by atoms with Crippen molar-refractivity contribution in [2.24, 2.45) is 0 Å². The molecule has 3 N–H and O–H groups in total. The Morgan fingerprint density at radius 1 is 1.29 bits per heavy atom. The van der Waals surface area contributed by atoms with Crippen molar-refractivity contribution in [2.45, 2.75) is 0 Å². The van der Waals surface area contributed by atoms with Gasteiger partial charge in [0.2, 0.25) is 0 Å². The lowest BCUT2D eigenvalue weighted by Crippen LogP contribution is -2.34. The fourth-order valence-corrected chi connectivity index (χ4v) is 2.31. The highest BCUT2D eigenvalue weighted by Gasteiger charge is 2.22. The lowest BCUT2D eigenvalue weighted by atomic mass is 10.1. The summed E-state index contributed by atoms with van der Waals surface area (Å²) in [6, 6.07) is 11.0. The number of hydrogen-bond donors (Lipinski definition) is 2. The number of anilines is 2. The number of benzene rings is 2. The maximum atomic E-state index is 13.9. The van der Waals surface area contributed by atoms with Gasteiger partial charge in [-0.05, 0) is 30.3 Å². The van der Waals surface area contributed by atoms with Gasteiger partial charge in [-0.15, -0.1) is 0 Å². The summed E-state index contributed by atoms with van der Waals surface area (Å²) in [4.78, 5) is 13.8. The van der Waals surface area contributed by atoms with Crippen LogP contribution >= 0.6 is 15.9 Å². The van der Waals surface area contributed by atoms with Gasteiger partial charge in [0.05, 0.1) is 23.5 Å². The van der Waals surface area contributed by atoms with Crippen molar-refractivity contribution in [1.29, 1.82) is 0 Å². The molecule has 0 fully saturated rings. The van der Waals surface area contributed by atoms with Crippen LogP contribution in [-0.4, -0.2) is 24.2 Å². The van der Waals surface area contributed by atoms with Gasteiger partial charge in [-0.25, -0.2) is 4.39 Å². The van der Waals surface area contributed by atoms with Crippen LogP contribution in [0.5, 0.6) is 0 Å². The van der Waals surface area contributed by atoms with Gasteiger partial charge in [0.15, 0.2) is 0 Å². The van der Waals surface area contributed by atoms with Crippen molar-refractivity contribution in [2.75, 3.05) is 23.8 Å². The third-order valence-corrected chi connectivity index (χ3v) is 3.45. The summed E-state index contributed by atoms with van der Waals surface area (Å²) < 4.78 is 14.5. The summed E-state index contributed by atoms with van der Waals surface area (Å²) in [6.45, 7) is -0.221. The maximum Gasteiger partial charge on any atom is 0.261 e. The number of rotatable bonds is 4. The van der Waals surface area contributed by atoms with Crippen LogP contribution in [0.4, 0.5) is 15.8 Å². The van der Waals surface area contributed by atoms with E-state index in [0.29, 0.717) is 15.8 Å². The lowest BCUT2D eigenvalue weighted by Gasteiger charge is -2.23. The molecule has 0 aromatic heterocycles. The van der Waals surface area contributed by atoms with Crippen LogP contribution in [-0.2, 0) is 0 Å². The number of aliphatic hydroxyl groups is 1. The van der Waals surface area contributed by atoms with Crippen molar-refractivity contribution < 1.29 is 14.3 Å². The summed E-state index contributed by atoms with van der Waals surface area (Å²) in [5.74, 6) is -1.18. The number of carbonyl (C=O) groups is 1. The Kier molecular flexibility index (Phi) is 4.93. The first kappa shape index (κ1) is 15.5. The second-order valence-corrected chi connectivity index (χ2v) is 5.28. The van der Waals surface area contributed by atoms with Crippen molar-refractivity contribution in [3.8, 4) is 0 Å².